The predicted molar refractivity (Wildman–Crippen MR) is 96.5 cm³/mol. The van der Waals surface area contributed by atoms with Crippen molar-refractivity contribution < 1.29 is 8.42 Å². The maximum atomic E-state index is 12.8. The summed E-state index contributed by atoms with van der Waals surface area (Å²) in [7, 11) is -3.56. The Labute approximate surface area is 141 Å². The van der Waals surface area contributed by atoms with E-state index in [1.807, 2.05) is 55.6 Å². The lowest BCUT2D eigenvalue weighted by molar-refractivity contribution is 0.503. The molecule has 0 radical (unpaired) electrons. The van der Waals surface area contributed by atoms with Crippen LogP contribution in [0.2, 0.25) is 0 Å². The van der Waals surface area contributed by atoms with Gasteiger partial charge in [-0.1, -0.05) is 50.2 Å². The van der Waals surface area contributed by atoms with Crippen LogP contribution < -0.4 is 4.72 Å². The zero-order chi connectivity index (χ0) is 16.5. The average Bonchev–Trinajstić information content (AvgIpc) is 3.08. The third-order valence-electron chi connectivity index (χ3n) is 4.05. The number of hydrogen-bond acceptors (Lipinski definition) is 3. The molecule has 3 nitrogen and oxygen atoms in total. The van der Waals surface area contributed by atoms with Crippen molar-refractivity contribution >= 4 is 32.1 Å². The Morgan fingerprint density at radius 3 is 2.52 bits per heavy atom. The van der Waals surface area contributed by atoms with Gasteiger partial charge < -0.3 is 0 Å². The van der Waals surface area contributed by atoms with E-state index in [-0.39, 0.29) is 5.41 Å². The van der Waals surface area contributed by atoms with Crippen LogP contribution in [-0.2, 0) is 15.4 Å². The van der Waals surface area contributed by atoms with E-state index in [4.69, 9.17) is 0 Å². The van der Waals surface area contributed by atoms with Gasteiger partial charge in [-0.15, -0.1) is 0 Å². The normalized spacial score (nSPS) is 12.6. The summed E-state index contributed by atoms with van der Waals surface area (Å²) in [5, 5.41) is 5.74. The SMILES string of the molecule is CC(C)(CNS(=O)(=O)c1cccc2ccccc12)c1ccsc1. The van der Waals surface area contributed by atoms with Crippen LogP contribution in [0.3, 0.4) is 0 Å². The summed E-state index contributed by atoms with van der Waals surface area (Å²) in [4.78, 5) is 0.330. The van der Waals surface area contributed by atoms with E-state index in [9.17, 15) is 8.42 Å². The van der Waals surface area contributed by atoms with E-state index in [1.54, 1.807) is 23.5 Å². The fraction of sp³-hybridized carbons (Fsp3) is 0.222. The summed E-state index contributed by atoms with van der Waals surface area (Å²) < 4.78 is 28.3. The van der Waals surface area contributed by atoms with Gasteiger partial charge in [-0.2, -0.15) is 11.3 Å². The molecule has 0 aliphatic carbocycles. The molecule has 0 aliphatic heterocycles. The van der Waals surface area contributed by atoms with E-state index in [0.717, 1.165) is 16.3 Å². The highest BCUT2D eigenvalue weighted by Crippen LogP contribution is 2.26. The summed E-state index contributed by atoms with van der Waals surface area (Å²) in [5.74, 6) is 0. The van der Waals surface area contributed by atoms with Crippen LogP contribution in [0.4, 0.5) is 0 Å². The lowest BCUT2D eigenvalue weighted by Gasteiger charge is -2.24. The molecule has 0 saturated heterocycles. The maximum absolute atomic E-state index is 12.8. The number of nitrogens with one attached hydrogen (secondary N) is 1. The third-order valence-corrected chi connectivity index (χ3v) is 6.19. The quantitative estimate of drug-likeness (QED) is 0.755. The van der Waals surface area contributed by atoms with Crippen molar-refractivity contribution in [3.05, 3.63) is 64.9 Å². The molecule has 0 amide bonds. The van der Waals surface area contributed by atoms with Gasteiger partial charge >= 0.3 is 0 Å². The molecule has 1 heterocycles. The second-order valence-corrected chi connectivity index (χ2v) is 8.71. The van der Waals surface area contributed by atoms with Crippen LogP contribution in [0.25, 0.3) is 10.8 Å². The molecule has 3 rings (SSSR count). The summed E-state index contributed by atoms with van der Waals surface area (Å²) in [6, 6.07) is 14.9. The van der Waals surface area contributed by atoms with Crippen LogP contribution in [0.5, 0.6) is 0 Å². The minimum atomic E-state index is -3.56. The summed E-state index contributed by atoms with van der Waals surface area (Å²) in [6.45, 7) is 4.44. The number of benzene rings is 2. The minimum absolute atomic E-state index is 0.252. The topological polar surface area (TPSA) is 46.2 Å². The Morgan fingerprint density at radius 2 is 1.78 bits per heavy atom. The summed E-state index contributed by atoms with van der Waals surface area (Å²) in [6.07, 6.45) is 0. The van der Waals surface area contributed by atoms with Gasteiger partial charge in [0, 0.05) is 17.3 Å². The van der Waals surface area contributed by atoms with Gasteiger partial charge in [-0.05, 0) is 33.8 Å². The Bertz CT molecular complexity index is 908. The first-order valence-electron chi connectivity index (χ1n) is 7.40. The smallest absolute Gasteiger partial charge is 0.210 e. The lowest BCUT2D eigenvalue weighted by atomic mass is 9.87. The Balaban J connectivity index is 1.90. The molecule has 0 atom stereocenters. The first-order valence-corrected chi connectivity index (χ1v) is 9.83. The molecule has 0 bridgehead atoms. The second kappa shape index (κ2) is 6.07. The van der Waals surface area contributed by atoms with Crippen molar-refractivity contribution in [3.63, 3.8) is 0 Å². The van der Waals surface area contributed by atoms with Crippen molar-refractivity contribution in [3.8, 4) is 0 Å². The number of sulfonamides is 1. The Hall–Kier alpha value is -1.69. The van der Waals surface area contributed by atoms with E-state index >= 15 is 0 Å². The van der Waals surface area contributed by atoms with Gasteiger partial charge in [0.2, 0.25) is 10.0 Å². The fourth-order valence-corrected chi connectivity index (χ4v) is 4.82. The highest BCUT2D eigenvalue weighted by Gasteiger charge is 2.25. The first-order chi connectivity index (χ1) is 10.9. The third kappa shape index (κ3) is 3.32. The van der Waals surface area contributed by atoms with Crippen LogP contribution in [0, 0.1) is 0 Å². The Morgan fingerprint density at radius 1 is 1.04 bits per heavy atom. The molecule has 23 heavy (non-hydrogen) atoms. The van der Waals surface area contributed by atoms with E-state index in [1.165, 1.54) is 0 Å². The second-order valence-electron chi connectivity index (χ2n) is 6.20. The van der Waals surface area contributed by atoms with Crippen molar-refractivity contribution in [2.75, 3.05) is 6.54 Å². The zero-order valence-corrected chi connectivity index (χ0v) is 14.7. The maximum Gasteiger partial charge on any atom is 0.241 e. The lowest BCUT2D eigenvalue weighted by Crippen LogP contribution is -2.36. The van der Waals surface area contributed by atoms with Crippen LogP contribution in [-0.4, -0.2) is 15.0 Å². The largest absolute Gasteiger partial charge is 0.241 e. The summed E-state index contributed by atoms with van der Waals surface area (Å²) in [5.41, 5.74) is 0.889. The first kappa shape index (κ1) is 16.2. The minimum Gasteiger partial charge on any atom is -0.210 e. The van der Waals surface area contributed by atoms with Gasteiger partial charge in [0.15, 0.2) is 0 Å². The van der Waals surface area contributed by atoms with Gasteiger partial charge in [-0.3, -0.25) is 0 Å². The highest BCUT2D eigenvalue weighted by molar-refractivity contribution is 7.89. The van der Waals surface area contributed by atoms with E-state index in [2.05, 4.69) is 10.1 Å². The molecule has 0 unspecified atom stereocenters. The van der Waals surface area contributed by atoms with Crippen molar-refractivity contribution in [2.24, 2.45) is 0 Å². The molecule has 0 fully saturated rings. The number of rotatable bonds is 5. The van der Waals surface area contributed by atoms with Gasteiger partial charge in [-0.25, -0.2) is 13.1 Å². The molecule has 1 N–H and O–H groups in total. The van der Waals surface area contributed by atoms with Gasteiger partial charge in [0.25, 0.3) is 0 Å². The molecule has 5 heteroatoms. The van der Waals surface area contributed by atoms with E-state index < -0.39 is 10.0 Å². The van der Waals surface area contributed by atoms with Crippen molar-refractivity contribution in [1.29, 1.82) is 0 Å². The molecular formula is C18H19NO2S2. The molecule has 1 aromatic heterocycles. The molecule has 0 spiro atoms. The van der Waals surface area contributed by atoms with Gasteiger partial charge in [0.05, 0.1) is 4.90 Å². The molecule has 0 saturated carbocycles. The molecular weight excluding hydrogens is 326 g/mol. The number of fused-ring (bicyclic) bond motifs is 1. The van der Waals surface area contributed by atoms with Crippen molar-refractivity contribution in [1.82, 2.24) is 4.72 Å². The molecule has 0 aliphatic rings. The summed E-state index contributed by atoms with van der Waals surface area (Å²) >= 11 is 1.62. The molecule has 2 aromatic carbocycles. The molecule has 3 aromatic rings. The van der Waals surface area contributed by atoms with Crippen LogP contribution >= 0.6 is 11.3 Å². The van der Waals surface area contributed by atoms with Crippen LogP contribution in [0.1, 0.15) is 19.4 Å². The van der Waals surface area contributed by atoms with Crippen molar-refractivity contribution in [2.45, 2.75) is 24.2 Å². The monoisotopic (exact) mass is 345 g/mol. The Kier molecular flexibility index (Phi) is 4.27. The highest BCUT2D eigenvalue weighted by atomic mass is 32.2. The zero-order valence-electron chi connectivity index (χ0n) is 13.1. The standard InChI is InChI=1S/C18H19NO2S2/c1-18(2,15-10-11-22-12-15)13-19-23(20,21)17-9-5-7-14-6-3-4-8-16(14)17/h3-12,19H,13H2,1-2H3. The number of thiophene rings is 1. The van der Waals surface area contributed by atoms with Gasteiger partial charge in [0.1, 0.15) is 0 Å². The average molecular weight is 345 g/mol. The predicted octanol–water partition coefficient (Wildman–Crippen LogP) is 4.16. The molecule has 120 valence electrons. The van der Waals surface area contributed by atoms with E-state index in [0.29, 0.717) is 11.4 Å². The van der Waals surface area contributed by atoms with Crippen LogP contribution in [0.15, 0.2) is 64.2 Å². The number of hydrogen-bond donors (Lipinski definition) is 1. The fourth-order valence-electron chi connectivity index (χ4n) is 2.53.